The largest absolute Gasteiger partial charge is 0.497 e. The molecule has 2 unspecified atom stereocenters. The van der Waals surface area contributed by atoms with E-state index in [4.69, 9.17) is 4.74 Å². The third-order valence-electron chi connectivity index (χ3n) is 11.2. The van der Waals surface area contributed by atoms with Crippen molar-refractivity contribution in [2.24, 2.45) is 0 Å². The number of nitrogens with one attached hydrogen (secondary N) is 1. The van der Waals surface area contributed by atoms with Gasteiger partial charge in [0.15, 0.2) is 0 Å². The Morgan fingerprint density at radius 1 is 0.979 bits per heavy atom. The number of likely N-dealkylation sites (N-methyl/N-ethyl adjacent to an activating group) is 1. The highest BCUT2D eigenvalue weighted by molar-refractivity contribution is 7.90. The minimum absolute atomic E-state index is 0.136. The molecular weight excluding hydrogens is 651 g/mol. The lowest BCUT2D eigenvalue weighted by atomic mass is 9.80. The lowest BCUT2D eigenvalue weighted by Crippen LogP contribution is -2.51. The molecule has 1 amide bonds. The molecule has 3 aromatic rings. The number of hydrogen-bond acceptors (Lipinski definition) is 7. The number of hydrogen-bond donors (Lipinski definition) is 1. The Morgan fingerprint density at radius 3 is 2.31 bits per heavy atom. The van der Waals surface area contributed by atoms with E-state index in [1.165, 1.54) is 26.1 Å². The van der Waals surface area contributed by atoms with Crippen LogP contribution in [0.25, 0.3) is 22.2 Å². The van der Waals surface area contributed by atoms with E-state index in [1.54, 1.807) is 23.5 Å². The Hall–Kier alpha value is -2.97. The molecule has 0 spiro atoms. The van der Waals surface area contributed by atoms with Crippen LogP contribution >= 0.6 is 0 Å². The first-order chi connectivity index (χ1) is 22.6. The molecule has 1 N–H and O–H groups in total. The first-order valence-corrected chi connectivity index (χ1v) is 19.7. The fourth-order valence-corrected chi connectivity index (χ4v) is 10.7. The number of fused-ring (bicyclic) bond motifs is 5. The smallest absolute Gasteiger partial charge is 0.303 e. The average molecular weight is 700 g/mol. The molecule has 11 nitrogen and oxygen atoms in total. The highest BCUT2D eigenvalue weighted by Gasteiger charge is 2.52. The molecule has 1 saturated carbocycles. The van der Waals surface area contributed by atoms with Crippen LogP contribution in [0.1, 0.15) is 85.7 Å². The molecule has 6 rings (SSSR count). The first-order valence-electron chi connectivity index (χ1n) is 16.9. The highest BCUT2D eigenvalue weighted by atomic mass is 32.2. The number of methoxy groups -OCH3 is 1. The number of ether oxygens (including phenoxy) is 1. The molecule has 1 aliphatic carbocycles. The Kier molecular flexibility index (Phi) is 9.25. The summed E-state index contributed by atoms with van der Waals surface area (Å²) in [6.45, 7) is 4.92. The van der Waals surface area contributed by atoms with E-state index in [1.807, 2.05) is 46.1 Å². The third-order valence-corrected chi connectivity index (χ3v) is 15.3. The van der Waals surface area contributed by atoms with Crippen molar-refractivity contribution in [3.05, 3.63) is 53.1 Å². The summed E-state index contributed by atoms with van der Waals surface area (Å²) >= 11 is 0. The number of carbonyl (C=O) groups is 1. The summed E-state index contributed by atoms with van der Waals surface area (Å²) in [5.74, 6) is -0.220. The van der Waals surface area contributed by atoms with E-state index < -0.39 is 36.8 Å². The van der Waals surface area contributed by atoms with Crippen molar-refractivity contribution in [1.29, 1.82) is 0 Å². The van der Waals surface area contributed by atoms with Crippen molar-refractivity contribution in [3.8, 4) is 17.0 Å². The topological polar surface area (TPSA) is 121 Å². The molecule has 3 atom stereocenters. The number of nitrogens with zero attached hydrogens (tertiary/aromatic N) is 4. The average Bonchev–Trinajstić information content (AvgIpc) is 3.66. The Morgan fingerprint density at radius 2 is 1.69 bits per heavy atom. The fraction of sp³-hybridized carbons (Fsp3) is 0.571. The van der Waals surface area contributed by atoms with Crippen LogP contribution in [-0.4, -0.2) is 100.0 Å². The van der Waals surface area contributed by atoms with Gasteiger partial charge in [0.05, 0.1) is 12.8 Å². The van der Waals surface area contributed by atoms with Gasteiger partial charge in [0.2, 0.25) is 10.0 Å². The van der Waals surface area contributed by atoms with Crippen molar-refractivity contribution in [3.63, 3.8) is 0 Å². The summed E-state index contributed by atoms with van der Waals surface area (Å²) in [7, 11) is 0.430. The maximum absolute atomic E-state index is 15.0. The van der Waals surface area contributed by atoms with E-state index in [-0.39, 0.29) is 24.1 Å². The Balaban J connectivity index is 1.62. The first kappa shape index (κ1) is 34.9. The monoisotopic (exact) mass is 699 g/mol. The van der Waals surface area contributed by atoms with Gasteiger partial charge in [0.1, 0.15) is 10.5 Å². The molecule has 2 aromatic carbocycles. The van der Waals surface area contributed by atoms with E-state index in [9.17, 15) is 21.6 Å². The van der Waals surface area contributed by atoms with Crippen molar-refractivity contribution in [2.75, 3.05) is 48.4 Å². The number of aromatic nitrogens is 1. The van der Waals surface area contributed by atoms with Gasteiger partial charge < -0.3 is 14.2 Å². The second-order valence-electron chi connectivity index (χ2n) is 14.4. The lowest BCUT2D eigenvalue weighted by molar-refractivity contribution is 0.0979. The SMILES string of the molecule is COc1ccc2c(c1)C(C)C(C)(S(=O)(=O)N1CC[C@@H](N(C)C)C1)Cn1c-2c(C2CCCCC2)c2ccc(C(=O)NS(=O)(=O)N(C)C)cc21. The fourth-order valence-electron chi connectivity index (χ4n) is 8.02. The zero-order chi connectivity index (χ0) is 34.8. The van der Waals surface area contributed by atoms with Gasteiger partial charge in [-0.15, -0.1) is 0 Å². The molecule has 13 heteroatoms. The minimum Gasteiger partial charge on any atom is -0.497 e. The normalized spacial score (nSPS) is 24.1. The number of sulfonamides is 1. The van der Waals surface area contributed by atoms with Crippen LogP contribution in [0.4, 0.5) is 0 Å². The molecule has 262 valence electrons. The lowest BCUT2D eigenvalue weighted by Gasteiger charge is -2.38. The Bertz CT molecular complexity index is 1950. The van der Waals surface area contributed by atoms with Gasteiger partial charge in [0, 0.05) is 67.7 Å². The quantitative estimate of drug-likeness (QED) is 0.361. The minimum atomic E-state index is -4.02. The van der Waals surface area contributed by atoms with E-state index >= 15 is 0 Å². The van der Waals surface area contributed by atoms with Crippen molar-refractivity contribution < 1.29 is 26.4 Å². The summed E-state index contributed by atoms with van der Waals surface area (Å²) in [6.07, 6.45) is 6.20. The number of benzene rings is 2. The summed E-state index contributed by atoms with van der Waals surface area (Å²) in [6, 6.07) is 11.4. The molecule has 3 aliphatic rings. The Labute approximate surface area is 285 Å². The molecule has 2 aliphatic heterocycles. The van der Waals surface area contributed by atoms with Gasteiger partial charge in [-0.25, -0.2) is 13.1 Å². The predicted molar refractivity (Wildman–Crippen MR) is 189 cm³/mol. The van der Waals surface area contributed by atoms with E-state index in [0.29, 0.717) is 18.8 Å². The molecule has 48 heavy (non-hydrogen) atoms. The second kappa shape index (κ2) is 12.7. The molecule has 3 heterocycles. The van der Waals surface area contributed by atoms with Gasteiger partial charge >= 0.3 is 10.2 Å². The van der Waals surface area contributed by atoms with Gasteiger partial charge in [-0.3, -0.25) is 4.79 Å². The van der Waals surface area contributed by atoms with Crippen LogP contribution in [0.3, 0.4) is 0 Å². The molecule has 0 radical (unpaired) electrons. The third kappa shape index (κ3) is 5.74. The second-order valence-corrected chi connectivity index (χ2v) is 18.7. The van der Waals surface area contributed by atoms with Crippen LogP contribution in [0, 0.1) is 0 Å². The summed E-state index contributed by atoms with van der Waals surface area (Å²) < 4.78 is 66.4. The summed E-state index contributed by atoms with van der Waals surface area (Å²) in [5.41, 5.74) is 4.95. The van der Waals surface area contributed by atoms with Crippen LogP contribution in [-0.2, 0) is 26.8 Å². The van der Waals surface area contributed by atoms with Crippen molar-refractivity contribution in [2.45, 2.75) is 81.5 Å². The van der Waals surface area contributed by atoms with Crippen LogP contribution in [0.5, 0.6) is 5.75 Å². The van der Waals surface area contributed by atoms with Crippen molar-refractivity contribution in [1.82, 2.24) is 22.8 Å². The zero-order valence-corrected chi connectivity index (χ0v) is 30.7. The van der Waals surface area contributed by atoms with E-state index in [2.05, 4.69) is 20.3 Å². The zero-order valence-electron chi connectivity index (χ0n) is 29.1. The summed E-state index contributed by atoms with van der Waals surface area (Å²) in [4.78, 5) is 15.5. The number of amides is 1. The van der Waals surface area contributed by atoms with Gasteiger partial charge in [-0.05, 0) is 87.7 Å². The van der Waals surface area contributed by atoms with Crippen LogP contribution in [0.15, 0.2) is 36.4 Å². The van der Waals surface area contributed by atoms with Crippen molar-refractivity contribution >= 4 is 37.0 Å². The number of rotatable bonds is 8. The van der Waals surface area contributed by atoms with Gasteiger partial charge in [0.25, 0.3) is 5.91 Å². The van der Waals surface area contributed by atoms with Crippen LogP contribution in [0.2, 0.25) is 0 Å². The van der Waals surface area contributed by atoms with Gasteiger partial charge in [-0.2, -0.15) is 17.0 Å². The maximum Gasteiger partial charge on any atom is 0.303 e. The molecule has 2 fully saturated rings. The molecular formula is C35H49N5O6S2. The van der Waals surface area contributed by atoms with Crippen LogP contribution < -0.4 is 9.46 Å². The highest BCUT2D eigenvalue weighted by Crippen LogP contribution is 2.52. The van der Waals surface area contributed by atoms with Gasteiger partial charge in [-0.1, -0.05) is 32.3 Å². The molecule has 0 bridgehead atoms. The predicted octanol–water partition coefficient (Wildman–Crippen LogP) is 4.74. The molecule has 1 aromatic heterocycles. The number of carbonyl (C=O) groups excluding carboxylic acids is 1. The molecule has 1 saturated heterocycles. The maximum atomic E-state index is 15.0. The summed E-state index contributed by atoms with van der Waals surface area (Å²) in [5, 5.41) is 0.967. The van der Waals surface area contributed by atoms with E-state index in [0.717, 1.165) is 64.1 Å². The standard InChI is InChI=1S/C35H49N5O6S2/c1-23-30-20-27(46-7)14-16-28(30)33-32(24-11-9-8-10-12-24)29-15-13-25(34(41)36-48(44,45)38(5)6)19-31(29)40(33)22-35(23,2)47(42,43)39-18-17-26(21-39)37(3)4/h13-16,19-20,23-24,26H,8-12,17-18,21-22H2,1-7H3,(H,36,41)/t23?,26-,35?/m1/s1.